The van der Waals surface area contributed by atoms with Crippen LogP contribution in [0.15, 0.2) is 77.2 Å². The van der Waals surface area contributed by atoms with Crippen molar-refractivity contribution >= 4 is 34.3 Å². The van der Waals surface area contributed by atoms with Gasteiger partial charge in [-0.15, -0.1) is 0 Å². The lowest BCUT2D eigenvalue weighted by Crippen LogP contribution is -2.23. The molecule has 3 N–H and O–H groups in total. The number of benzene rings is 3. The fraction of sp³-hybridized carbons (Fsp3) is 0.120. The summed E-state index contributed by atoms with van der Waals surface area (Å²) in [7, 11) is 0. The van der Waals surface area contributed by atoms with E-state index in [0.29, 0.717) is 23.6 Å². The van der Waals surface area contributed by atoms with Crippen molar-refractivity contribution in [2.24, 2.45) is 0 Å². The number of rotatable bonds is 5. The summed E-state index contributed by atoms with van der Waals surface area (Å²) < 4.78 is 5.71. The van der Waals surface area contributed by atoms with Crippen molar-refractivity contribution in [3.63, 3.8) is 0 Å². The maximum absolute atomic E-state index is 12.6. The summed E-state index contributed by atoms with van der Waals surface area (Å²) in [5.74, 6) is 0.0391. The molecule has 6 heteroatoms. The average molecular weight is 413 g/mol. The van der Waals surface area contributed by atoms with Crippen molar-refractivity contribution in [3.8, 4) is 0 Å². The molecule has 156 valence electrons. The molecule has 0 aliphatic rings. The average Bonchev–Trinajstić information content (AvgIpc) is 3.09. The van der Waals surface area contributed by atoms with Crippen LogP contribution in [-0.2, 0) is 6.54 Å². The van der Waals surface area contributed by atoms with E-state index in [-0.39, 0.29) is 11.9 Å². The van der Waals surface area contributed by atoms with Crippen molar-refractivity contribution in [1.82, 2.24) is 5.32 Å². The highest BCUT2D eigenvalue weighted by Crippen LogP contribution is 2.24. The lowest BCUT2D eigenvalue weighted by atomic mass is 10.1. The molecule has 0 bridgehead atoms. The molecule has 0 radical (unpaired) electrons. The van der Waals surface area contributed by atoms with Gasteiger partial charge < -0.3 is 20.4 Å². The van der Waals surface area contributed by atoms with Crippen LogP contribution in [0.25, 0.3) is 11.0 Å². The number of anilines is 2. The molecule has 0 spiro atoms. The van der Waals surface area contributed by atoms with E-state index in [0.717, 1.165) is 27.8 Å². The van der Waals surface area contributed by atoms with E-state index in [1.807, 2.05) is 80.6 Å². The van der Waals surface area contributed by atoms with E-state index in [4.69, 9.17) is 4.42 Å². The molecule has 0 unspecified atom stereocenters. The van der Waals surface area contributed by atoms with Crippen LogP contribution < -0.4 is 16.0 Å². The summed E-state index contributed by atoms with van der Waals surface area (Å²) in [6.07, 6.45) is 0. The molecule has 4 aromatic rings. The molecule has 4 rings (SSSR count). The molecule has 1 aromatic heterocycles. The van der Waals surface area contributed by atoms with Crippen molar-refractivity contribution < 1.29 is 14.0 Å². The molecule has 0 aliphatic heterocycles. The van der Waals surface area contributed by atoms with Crippen LogP contribution in [-0.4, -0.2) is 11.9 Å². The molecule has 0 aliphatic carbocycles. The van der Waals surface area contributed by atoms with Gasteiger partial charge in [0, 0.05) is 28.9 Å². The van der Waals surface area contributed by atoms with Crippen LogP contribution in [0.1, 0.15) is 27.2 Å². The summed E-state index contributed by atoms with van der Waals surface area (Å²) in [5.41, 5.74) is 4.79. The standard InChI is InChI=1S/C25H23N3O3/c1-16-7-5-9-19(13-16)27-25(30)28-20-10-6-8-18(14-20)15-26-24(29)23-17(2)21-11-3-4-12-22(21)31-23/h3-14H,15H2,1-2H3,(H,26,29)(H2,27,28,30). The molecular formula is C25H23N3O3. The van der Waals surface area contributed by atoms with Crippen molar-refractivity contribution in [3.05, 3.63) is 95.2 Å². The molecule has 1 heterocycles. The normalized spacial score (nSPS) is 10.6. The second-order valence-electron chi connectivity index (χ2n) is 7.38. The monoisotopic (exact) mass is 413 g/mol. The lowest BCUT2D eigenvalue weighted by Gasteiger charge is -2.10. The Morgan fingerprint density at radius 1 is 0.839 bits per heavy atom. The van der Waals surface area contributed by atoms with E-state index in [2.05, 4.69) is 16.0 Å². The maximum atomic E-state index is 12.6. The number of amides is 3. The SMILES string of the molecule is Cc1cccc(NC(=O)Nc2cccc(CNC(=O)c3oc4ccccc4c3C)c2)c1. The fourth-order valence-corrected chi connectivity index (χ4v) is 3.43. The molecular weight excluding hydrogens is 390 g/mol. The molecule has 0 saturated heterocycles. The highest BCUT2D eigenvalue weighted by atomic mass is 16.3. The zero-order valence-corrected chi connectivity index (χ0v) is 17.4. The van der Waals surface area contributed by atoms with Gasteiger partial charge in [-0.25, -0.2) is 4.79 Å². The molecule has 0 fully saturated rings. The van der Waals surface area contributed by atoms with Crippen molar-refractivity contribution in [2.45, 2.75) is 20.4 Å². The molecule has 3 amide bonds. The molecule has 6 nitrogen and oxygen atoms in total. The molecule has 3 aromatic carbocycles. The summed E-state index contributed by atoms with van der Waals surface area (Å²) in [5, 5.41) is 9.44. The second-order valence-corrected chi connectivity index (χ2v) is 7.38. The first kappa shape index (κ1) is 20.2. The first-order valence-corrected chi connectivity index (χ1v) is 9.99. The van der Waals surface area contributed by atoms with E-state index < -0.39 is 0 Å². The number of para-hydroxylation sites is 1. The number of hydrogen-bond donors (Lipinski definition) is 3. The van der Waals surface area contributed by atoms with Gasteiger partial charge in [0.05, 0.1) is 0 Å². The highest BCUT2D eigenvalue weighted by Gasteiger charge is 2.17. The maximum Gasteiger partial charge on any atom is 0.323 e. The van der Waals surface area contributed by atoms with Crippen LogP contribution in [0.5, 0.6) is 0 Å². The van der Waals surface area contributed by atoms with Crippen LogP contribution in [0, 0.1) is 13.8 Å². The van der Waals surface area contributed by atoms with Crippen molar-refractivity contribution in [2.75, 3.05) is 10.6 Å². The second kappa shape index (κ2) is 8.75. The van der Waals surface area contributed by atoms with Gasteiger partial charge in [0.2, 0.25) is 0 Å². The van der Waals surface area contributed by atoms with Gasteiger partial charge in [-0.2, -0.15) is 0 Å². The predicted octanol–water partition coefficient (Wildman–Crippen LogP) is 5.62. The smallest absolute Gasteiger partial charge is 0.323 e. The summed E-state index contributed by atoms with van der Waals surface area (Å²) in [6, 6.07) is 22.1. The highest BCUT2D eigenvalue weighted by molar-refractivity contribution is 6.00. The number of carbonyl (C=O) groups excluding carboxylic acids is 2. The van der Waals surface area contributed by atoms with Gasteiger partial charge in [-0.1, -0.05) is 42.5 Å². The van der Waals surface area contributed by atoms with E-state index in [1.54, 1.807) is 6.07 Å². The Kier molecular flexibility index (Phi) is 5.71. The zero-order valence-electron chi connectivity index (χ0n) is 17.4. The van der Waals surface area contributed by atoms with Crippen LogP contribution in [0.2, 0.25) is 0 Å². The first-order valence-electron chi connectivity index (χ1n) is 9.99. The Morgan fingerprint density at radius 3 is 2.29 bits per heavy atom. The molecule has 0 atom stereocenters. The van der Waals surface area contributed by atoms with Gasteiger partial charge in [0.1, 0.15) is 5.58 Å². The minimum atomic E-state index is -0.329. The van der Waals surface area contributed by atoms with Gasteiger partial charge in [0.15, 0.2) is 5.76 Å². The number of urea groups is 1. The Hall–Kier alpha value is -4.06. The minimum Gasteiger partial charge on any atom is -0.451 e. The van der Waals surface area contributed by atoms with E-state index in [1.165, 1.54) is 0 Å². The third-order valence-electron chi connectivity index (χ3n) is 4.96. The topological polar surface area (TPSA) is 83.4 Å². The van der Waals surface area contributed by atoms with Crippen LogP contribution >= 0.6 is 0 Å². The van der Waals surface area contributed by atoms with Crippen molar-refractivity contribution in [1.29, 1.82) is 0 Å². The van der Waals surface area contributed by atoms with Gasteiger partial charge >= 0.3 is 6.03 Å². The number of furan rings is 1. The Bertz CT molecular complexity index is 1260. The lowest BCUT2D eigenvalue weighted by molar-refractivity contribution is 0.0924. The predicted molar refractivity (Wildman–Crippen MR) is 122 cm³/mol. The van der Waals surface area contributed by atoms with E-state index in [9.17, 15) is 9.59 Å². The minimum absolute atomic E-state index is 0.274. The third kappa shape index (κ3) is 4.75. The third-order valence-corrected chi connectivity index (χ3v) is 4.96. The fourth-order valence-electron chi connectivity index (χ4n) is 3.43. The van der Waals surface area contributed by atoms with Gasteiger partial charge in [-0.05, 0) is 55.3 Å². The first-order chi connectivity index (χ1) is 15.0. The Balaban J connectivity index is 1.38. The largest absolute Gasteiger partial charge is 0.451 e. The number of carbonyl (C=O) groups is 2. The molecule has 31 heavy (non-hydrogen) atoms. The summed E-state index contributed by atoms with van der Waals surface area (Å²) >= 11 is 0. The summed E-state index contributed by atoms with van der Waals surface area (Å²) in [6.45, 7) is 4.15. The number of fused-ring (bicyclic) bond motifs is 1. The van der Waals surface area contributed by atoms with Crippen LogP contribution in [0.4, 0.5) is 16.2 Å². The van der Waals surface area contributed by atoms with Gasteiger partial charge in [0.25, 0.3) is 5.91 Å². The van der Waals surface area contributed by atoms with Crippen LogP contribution in [0.3, 0.4) is 0 Å². The number of aryl methyl sites for hydroxylation is 2. The Labute approximate surface area is 180 Å². The quantitative estimate of drug-likeness (QED) is 0.397. The number of nitrogens with one attached hydrogen (secondary N) is 3. The van der Waals surface area contributed by atoms with Gasteiger partial charge in [-0.3, -0.25) is 4.79 Å². The number of hydrogen-bond acceptors (Lipinski definition) is 3. The molecule has 0 saturated carbocycles. The summed E-state index contributed by atoms with van der Waals surface area (Å²) in [4.78, 5) is 24.9. The zero-order chi connectivity index (χ0) is 21.8. The Morgan fingerprint density at radius 2 is 1.55 bits per heavy atom. The van der Waals surface area contributed by atoms with E-state index >= 15 is 0 Å².